The minimum Gasteiger partial charge on any atom is -0.355 e. The van der Waals surface area contributed by atoms with E-state index >= 15 is 0 Å². The van der Waals surface area contributed by atoms with Gasteiger partial charge in [0.05, 0.1) is 17.9 Å². The predicted octanol–water partition coefficient (Wildman–Crippen LogP) is 3.22. The molecule has 1 aromatic heterocycles. The number of nitrogens with one attached hydrogen (secondary N) is 1. The SMILES string of the molecule is CCNC(=O)CN1CCCN(C(=O)C=Cc2cn(-c3ccccc3)nc2-c2ccccc2)CC1. The van der Waals surface area contributed by atoms with Crippen LogP contribution in [0.15, 0.2) is 72.9 Å². The van der Waals surface area contributed by atoms with Crippen LogP contribution in [-0.2, 0) is 9.59 Å². The summed E-state index contributed by atoms with van der Waals surface area (Å²) in [5.74, 6) is 0.0115. The Morgan fingerprint density at radius 2 is 1.71 bits per heavy atom. The third-order valence-corrected chi connectivity index (χ3v) is 5.86. The van der Waals surface area contributed by atoms with E-state index in [-0.39, 0.29) is 11.8 Å². The summed E-state index contributed by atoms with van der Waals surface area (Å²) >= 11 is 0. The lowest BCUT2D eigenvalue weighted by molar-refractivity contribution is -0.125. The molecule has 0 bridgehead atoms. The third-order valence-electron chi connectivity index (χ3n) is 5.86. The van der Waals surface area contributed by atoms with Gasteiger partial charge in [-0.2, -0.15) is 5.10 Å². The Balaban J connectivity index is 1.49. The number of benzene rings is 2. The summed E-state index contributed by atoms with van der Waals surface area (Å²) in [7, 11) is 0. The Morgan fingerprint density at radius 1 is 0.971 bits per heavy atom. The van der Waals surface area contributed by atoms with Crippen molar-refractivity contribution in [2.75, 3.05) is 39.3 Å². The number of rotatable bonds is 7. The molecule has 0 saturated carbocycles. The molecule has 7 nitrogen and oxygen atoms in total. The number of likely N-dealkylation sites (N-methyl/N-ethyl adjacent to an activating group) is 1. The zero-order valence-electron chi connectivity index (χ0n) is 19.6. The van der Waals surface area contributed by atoms with Crippen LogP contribution in [0, 0.1) is 0 Å². The topological polar surface area (TPSA) is 70.5 Å². The normalized spacial score (nSPS) is 14.8. The maximum Gasteiger partial charge on any atom is 0.246 e. The second-order valence-electron chi connectivity index (χ2n) is 8.32. The van der Waals surface area contributed by atoms with Crippen molar-refractivity contribution < 1.29 is 9.59 Å². The highest BCUT2D eigenvalue weighted by Crippen LogP contribution is 2.24. The molecule has 1 N–H and O–H groups in total. The fourth-order valence-electron chi connectivity index (χ4n) is 4.11. The molecule has 2 amide bonds. The molecule has 0 unspecified atom stereocenters. The summed E-state index contributed by atoms with van der Waals surface area (Å²) < 4.78 is 1.84. The number of carbonyl (C=O) groups excluding carboxylic acids is 2. The summed E-state index contributed by atoms with van der Waals surface area (Å²) in [4.78, 5) is 28.9. The van der Waals surface area contributed by atoms with Crippen LogP contribution in [0.3, 0.4) is 0 Å². The molecule has 1 saturated heterocycles. The van der Waals surface area contributed by atoms with Crippen molar-refractivity contribution in [1.82, 2.24) is 24.9 Å². The maximum atomic E-state index is 13.0. The molecule has 0 spiro atoms. The molecular weight excluding hydrogens is 426 g/mol. The molecule has 0 aliphatic carbocycles. The van der Waals surface area contributed by atoms with Crippen molar-refractivity contribution in [2.45, 2.75) is 13.3 Å². The van der Waals surface area contributed by atoms with Crippen molar-refractivity contribution in [3.8, 4) is 16.9 Å². The zero-order chi connectivity index (χ0) is 23.8. The molecule has 0 atom stereocenters. The summed E-state index contributed by atoms with van der Waals surface area (Å²) in [5, 5.41) is 7.64. The Labute approximate surface area is 200 Å². The number of amides is 2. The van der Waals surface area contributed by atoms with Crippen molar-refractivity contribution in [3.63, 3.8) is 0 Å². The molecule has 1 fully saturated rings. The second kappa shape index (κ2) is 11.4. The molecule has 3 aromatic rings. The van der Waals surface area contributed by atoms with E-state index in [1.54, 1.807) is 6.08 Å². The lowest BCUT2D eigenvalue weighted by Gasteiger charge is -2.20. The maximum absolute atomic E-state index is 13.0. The molecule has 176 valence electrons. The first kappa shape index (κ1) is 23.4. The minimum atomic E-state index is -0.0219. The van der Waals surface area contributed by atoms with Gasteiger partial charge in [-0.1, -0.05) is 48.5 Å². The van der Waals surface area contributed by atoms with E-state index in [2.05, 4.69) is 10.2 Å². The third kappa shape index (κ3) is 5.99. The van der Waals surface area contributed by atoms with Gasteiger partial charge in [-0.15, -0.1) is 0 Å². The van der Waals surface area contributed by atoms with Gasteiger partial charge >= 0.3 is 0 Å². The van der Waals surface area contributed by atoms with Crippen LogP contribution in [0.2, 0.25) is 0 Å². The average Bonchev–Trinajstić information content (AvgIpc) is 3.16. The highest BCUT2D eigenvalue weighted by molar-refractivity contribution is 5.93. The number of aromatic nitrogens is 2. The van der Waals surface area contributed by atoms with Crippen LogP contribution in [0.5, 0.6) is 0 Å². The van der Waals surface area contributed by atoms with Gasteiger partial charge in [-0.05, 0) is 31.6 Å². The van der Waals surface area contributed by atoms with Crippen molar-refractivity contribution in [1.29, 1.82) is 0 Å². The number of carbonyl (C=O) groups is 2. The zero-order valence-corrected chi connectivity index (χ0v) is 19.6. The van der Waals surface area contributed by atoms with Crippen LogP contribution in [0.4, 0.5) is 0 Å². The van der Waals surface area contributed by atoms with E-state index in [0.29, 0.717) is 32.7 Å². The number of nitrogens with zero attached hydrogens (tertiary/aromatic N) is 4. The molecule has 4 rings (SSSR count). The highest BCUT2D eigenvalue weighted by atomic mass is 16.2. The summed E-state index contributed by atoms with van der Waals surface area (Å²) in [5.41, 5.74) is 3.68. The van der Waals surface area contributed by atoms with E-state index in [1.807, 2.05) is 89.4 Å². The predicted molar refractivity (Wildman–Crippen MR) is 134 cm³/mol. The van der Waals surface area contributed by atoms with Crippen LogP contribution in [0.1, 0.15) is 18.9 Å². The Bertz CT molecular complexity index is 1120. The largest absolute Gasteiger partial charge is 0.355 e. The van der Waals surface area contributed by atoms with E-state index in [1.165, 1.54) is 0 Å². The lowest BCUT2D eigenvalue weighted by atomic mass is 10.1. The van der Waals surface area contributed by atoms with Crippen molar-refractivity contribution in [2.24, 2.45) is 0 Å². The Morgan fingerprint density at radius 3 is 2.44 bits per heavy atom. The molecule has 0 radical (unpaired) electrons. The monoisotopic (exact) mass is 457 g/mol. The Hall–Kier alpha value is -3.71. The number of para-hydroxylation sites is 1. The van der Waals surface area contributed by atoms with Crippen molar-refractivity contribution in [3.05, 3.63) is 78.5 Å². The number of hydrogen-bond acceptors (Lipinski definition) is 4. The first-order chi connectivity index (χ1) is 16.6. The standard InChI is InChI=1S/C27H31N5O2/c1-2-28-25(33)21-30-16-9-17-31(19-18-30)26(34)15-14-23-20-32(24-12-7-4-8-13-24)29-27(23)22-10-5-3-6-11-22/h3-8,10-15,20H,2,9,16-19,21H2,1H3,(H,28,33). The first-order valence-electron chi connectivity index (χ1n) is 11.8. The van der Waals surface area contributed by atoms with Crippen LogP contribution >= 0.6 is 0 Å². The van der Waals surface area contributed by atoms with E-state index in [9.17, 15) is 9.59 Å². The second-order valence-corrected chi connectivity index (χ2v) is 8.32. The fourth-order valence-corrected chi connectivity index (χ4v) is 4.11. The van der Waals surface area contributed by atoms with Gasteiger partial charge in [0, 0.05) is 56.1 Å². The molecule has 2 aromatic carbocycles. The smallest absolute Gasteiger partial charge is 0.246 e. The highest BCUT2D eigenvalue weighted by Gasteiger charge is 2.19. The van der Waals surface area contributed by atoms with Gasteiger partial charge in [0.15, 0.2) is 0 Å². The van der Waals surface area contributed by atoms with E-state index in [0.717, 1.165) is 35.5 Å². The molecular formula is C27H31N5O2. The van der Waals surface area contributed by atoms with Crippen LogP contribution in [-0.4, -0.2) is 70.7 Å². The minimum absolute atomic E-state index is 0.0219. The first-order valence-corrected chi connectivity index (χ1v) is 11.8. The average molecular weight is 458 g/mol. The van der Waals surface area contributed by atoms with Gasteiger partial charge in [0.25, 0.3) is 0 Å². The van der Waals surface area contributed by atoms with Crippen LogP contribution < -0.4 is 5.32 Å². The molecule has 7 heteroatoms. The molecule has 1 aliphatic rings. The fraction of sp³-hybridized carbons (Fsp3) is 0.296. The van der Waals surface area contributed by atoms with Gasteiger partial charge in [-0.25, -0.2) is 4.68 Å². The summed E-state index contributed by atoms with van der Waals surface area (Å²) in [6.07, 6.45) is 6.30. The molecule has 2 heterocycles. The van der Waals surface area contributed by atoms with Gasteiger partial charge in [0.1, 0.15) is 0 Å². The van der Waals surface area contributed by atoms with E-state index < -0.39 is 0 Å². The summed E-state index contributed by atoms with van der Waals surface area (Å²) in [6, 6.07) is 19.9. The van der Waals surface area contributed by atoms with Gasteiger partial charge in [-0.3, -0.25) is 14.5 Å². The molecule has 1 aliphatic heterocycles. The number of hydrogen-bond donors (Lipinski definition) is 1. The van der Waals surface area contributed by atoms with Crippen LogP contribution in [0.25, 0.3) is 23.0 Å². The van der Waals surface area contributed by atoms with E-state index in [4.69, 9.17) is 5.10 Å². The Kier molecular flexibility index (Phi) is 7.88. The van der Waals surface area contributed by atoms with Crippen molar-refractivity contribution >= 4 is 17.9 Å². The summed E-state index contributed by atoms with van der Waals surface area (Å²) in [6.45, 7) is 5.73. The van der Waals surface area contributed by atoms with Gasteiger partial charge < -0.3 is 10.2 Å². The van der Waals surface area contributed by atoms with Gasteiger partial charge in [0.2, 0.25) is 11.8 Å². The lowest BCUT2D eigenvalue weighted by Crippen LogP contribution is -2.39. The quantitative estimate of drug-likeness (QED) is 0.553. The molecule has 34 heavy (non-hydrogen) atoms.